The minimum absolute atomic E-state index is 0. The van der Waals surface area contributed by atoms with Crippen molar-refractivity contribution in [3.63, 3.8) is 0 Å². The van der Waals surface area contributed by atoms with Gasteiger partial charge in [-0.05, 0) is 47.3 Å². The van der Waals surface area contributed by atoms with E-state index in [2.05, 4.69) is 35.8 Å². The molecule has 18 nitrogen and oxygen atoms in total. The van der Waals surface area contributed by atoms with Crippen molar-refractivity contribution in [3.05, 3.63) is 88.3 Å². The first kappa shape index (κ1) is 45.2. The largest absolute Gasteiger partial charge is 1.00 e. The Morgan fingerprint density at radius 2 is 1.62 bits per heavy atom. The number of aromatic amines is 1. The van der Waals surface area contributed by atoms with E-state index in [1.165, 1.54) is 61.5 Å². The second-order valence-corrected chi connectivity index (χ2v) is 13.0. The average molecular weight is 777 g/mol. The van der Waals surface area contributed by atoms with Gasteiger partial charge in [-0.25, -0.2) is 21.6 Å². The number of nitrogens with zero attached hydrogens (tertiary/aromatic N) is 5. The Labute approximate surface area is 362 Å². The van der Waals surface area contributed by atoms with Crippen LogP contribution in [0.4, 0.5) is 34.6 Å². The van der Waals surface area contributed by atoms with Crippen molar-refractivity contribution in [3.8, 4) is 5.75 Å². The maximum atomic E-state index is 12.3. The average Bonchev–Trinajstić information content (AvgIpc) is 3.02. The van der Waals surface area contributed by atoms with Crippen LogP contribution in [0.2, 0.25) is 0 Å². The number of anilines is 4. The van der Waals surface area contributed by atoms with Gasteiger partial charge in [0.15, 0.2) is 0 Å². The third-order valence-corrected chi connectivity index (χ3v) is 8.65. The fraction of sp³-hybridized carbons (Fsp3) is 0.103. The number of phenolic OH excluding ortho intramolecular Hbond substituents is 1. The Balaban J connectivity index is 0.00000312. The summed E-state index contributed by atoms with van der Waals surface area (Å²) in [7, 11) is -6.99. The van der Waals surface area contributed by atoms with Gasteiger partial charge in [0, 0.05) is 31.9 Å². The summed E-state index contributed by atoms with van der Waals surface area (Å²) in [5.74, 6) is -2.35. The first-order valence-electron chi connectivity index (χ1n) is 13.8. The fourth-order valence-electron chi connectivity index (χ4n) is 4.75. The molecule has 0 saturated heterocycles. The zero-order valence-corrected chi connectivity index (χ0v) is 35.9. The third-order valence-electron chi connectivity index (χ3n) is 6.95. The summed E-state index contributed by atoms with van der Waals surface area (Å²) in [5.41, 5.74) is -0.771. The van der Waals surface area contributed by atoms with Gasteiger partial charge in [-0.1, -0.05) is 30.3 Å². The number of rotatable bonds is 11. The van der Waals surface area contributed by atoms with Crippen LogP contribution >= 0.6 is 0 Å². The molecule has 23 heteroatoms. The molecular weight excluding hydrogens is 753 g/mol. The third kappa shape index (κ3) is 10.6. The smallest absolute Gasteiger partial charge is 0.744 e. The molecule has 0 bridgehead atoms. The van der Waals surface area contributed by atoms with Crippen molar-refractivity contribution in [2.75, 3.05) is 29.6 Å². The summed E-state index contributed by atoms with van der Waals surface area (Å²) in [5, 5.41) is 35.8. The van der Waals surface area contributed by atoms with E-state index < -0.39 is 53.1 Å². The molecule has 0 aliphatic carbocycles. The number of aromatic hydroxyl groups is 1. The molecule has 1 aromatic heterocycles. The first-order chi connectivity index (χ1) is 23.0. The maximum absolute atomic E-state index is 12.3. The number of carbonyl (C=O) groups excluding carboxylic acids is 1. The van der Waals surface area contributed by atoms with Crippen LogP contribution in [0.15, 0.2) is 91.5 Å². The van der Waals surface area contributed by atoms with Gasteiger partial charge in [-0.15, -0.1) is 10.2 Å². The van der Waals surface area contributed by atoms with E-state index in [0.29, 0.717) is 5.56 Å². The van der Waals surface area contributed by atoms with Crippen LogP contribution < -0.4 is 115 Å². The second-order valence-electron chi connectivity index (χ2n) is 10.3. The Morgan fingerprint density at radius 3 is 2.25 bits per heavy atom. The topological polar surface area (TPSA) is 285 Å². The number of phenols is 1. The number of para-hydroxylation sites is 1. The SMILES string of the molecule is CNc1ccc2cc(S(=O)(=O)[O-])cc(O)c2c1N=Nc1cc(CN(C)c2nc(Nc3ccccc3C(=O)[O-])[nH]c(=O)n2)ccc1S(=O)(=O)[O-].[Na+].[Na+].[Na+]. The number of hydrogen-bond acceptors (Lipinski definition) is 17. The number of H-pyrrole nitrogens is 1. The molecule has 0 amide bonds. The van der Waals surface area contributed by atoms with Gasteiger partial charge in [0.2, 0.25) is 11.9 Å². The Bertz CT molecular complexity index is 2450. The molecule has 0 spiro atoms. The molecule has 4 N–H and O–H groups in total. The van der Waals surface area contributed by atoms with E-state index in [4.69, 9.17) is 0 Å². The van der Waals surface area contributed by atoms with Crippen LogP contribution in [0, 0.1) is 0 Å². The van der Waals surface area contributed by atoms with E-state index in [1.54, 1.807) is 6.07 Å². The van der Waals surface area contributed by atoms with Gasteiger partial charge >= 0.3 is 94.4 Å². The van der Waals surface area contributed by atoms with E-state index in [0.717, 1.165) is 18.2 Å². The summed E-state index contributed by atoms with van der Waals surface area (Å²) in [4.78, 5) is 34.2. The molecule has 4 aromatic carbocycles. The normalized spacial score (nSPS) is 11.2. The van der Waals surface area contributed by atoms with Crippen LogP contribution in [0.25, 0.3) is 10.8 Å². The van der Waals surface area contributed by atoms with Crippen LogP contribution in [0.1, 0.15) is 15.9 Å². The predicted octanol–water partition coefficient (Wildman–Crippen LogP) is -6.96. The van der Waals surface area contributed by atoms with Gasteiger partial charge in [-0.3, -0.25) is 4.98 Å². The Hall–Kier alpha value is -2.96. The first-order valence-corrected chi connectivity index (χ1v) is 16.6. The Kier molecular flexibility index (Phi) is 16.0. The number of carboxylic acid groups (broad SMARTS) is 1. The van der Waals surface area contributed by atoms with Crippen LogP contribution in [-0.4, -0.2) is 66.1 Å². The van der Waals surface area contributed by atoms with Crippen molar-refractivity contribution in [2.45, 2.75) is 16.3 Å². The van der Waals surface area contributed by atoms with Gasteiger partial charge in [0.05, 0.1) is 26.8 Å². The molecule has 0 radical (unpaired) electrons. The van der Waals surface area contributed by atoms with Crippen molar-refractivity contribution in [1.29, 1.82) is 0 Å². The molecule has 1 heterocycles. The van der Waals surface area contributed by atoms with E-state index >= 15 is 0 Å². The van der Waals surface area contributed by atoms with Gasteiger partial charge < -0.3 is 39.6 Å². The number of carbonyl (C=O) groups is 1. The Morgan fingerprint density at radius 1 is 0.923 bits per heavy atom. The van der Waals surface area contributed by atoms with Crippen molar-refractivity contribution < 1.29 is 130 Å². The maximum Gasteiger partial charge on any atom is 1.00 e. The summed E-state index contributed by atoms with van der Waals surface area (Å²) in [6.07, 6.45) is 0. The number of carboxylic acids is 1. The number of aromatic carboxylic acids is 1. The molecular formula is C29H23N8Na3O10S2. The number of aromatic nitrogens is 3. The number of hydrogen-bond donors (Lipinski definition) is 4. The fourth-order valence-corrected chi connectivity index (χ4v) is 5.87. The zero-order valence-electron chi connectivity index (χ0n) is 28.2. The van der Waals surface area contributed by atoms with Crippen LogP contribution in [0.3, 0.4) is 0 Å². The molecule has 5 aromatic rings. The monoisotopic (exact) mass is 776 g/mol. The predicted molar refractivity (Wildman–Crippen MR) is 171 cm³/mol. The second kappa shape index (κ2) is 18.4. The quantitative estimate of drug-likeness (QED) is 0.0551. The van der Waals surface area contributed by atoms with Crippen LogP contribution in [-0.2, 0) is 26.8 Å². The summed E-state index contributed by atoms with van der Waals surface area (Å²) >= 11 is 0. The molecule has 0 atom stereocenters. The molecule has 0 unspecified atom stereocenters. The summed E-state index contributed by atoms with van der Waals surface area (Å²) < 4.78 is 71.0. The summed E-state index contributed by atoms with van der Waals surface area (Å²) in [6, 6.07) is 14.0. The number of nitrogens with one attached hydrogen (secondary N) is 3. The standard InChI is InChI=1S/C29H26N8O10S2.3Na/c1-30-20-9-8-16-12-17(48(42,43)44)13-22(38)24(16)25(20)36-35-21-11-15(7-10-23(21)49(45,46)47)14-37(2)28-32-27(33-29(41)34-28)31-19-6-4-3-5-18(19)26(39)40;;;/h3-13,30,38H,14H2,1-2H3,(H,39,40)(H,42,43,44)(H,45,46,47)(H2,31,32,33,34,41);;;/q;3*+1/p-3. The zero-order chi connectivity index (χ0) is 35.7. The van der Waals surface area contributed by atoms with Gasteiger partial charge in [-0.2, -0.15) is 9.97 Å². The molecule has 52 heavy (non-hydrogen) atoms. The number of fused-ring (bicyclic) bond motifs is 1. The molecule has 254 valence electrons. The number of benzene rings is 4. The molecule has 0 fully saturated rings. The van der Waals surface area contributed by atoms with Crippen molar-refractivity contribution >= 4 is 71.6 Å². The van der Waals surface area contributed by atoms with Crippen LogP contribution in [0.5, 0.6) is 5.75 Å². The number of azo groups is 1. The van der Waals surface area contributed by atoms with E-state index in [9.17, 15) is 45.7 Å². The van der Waals surface area contributed by atoms with Crippen molar-refractivity contribution in [2.24, 2.45) is 10.2 Å². The molecule has 0 aliphatic heterocycles. The molecule has 0 aliphatic rings. The van der Waals surface area contributed by atoms with E-state index in [-0.39, 0.29) is 141 Å². The molecule has 0 saturated carbocycles. The summed E-state index contributed by atoms with van der Waals surface area (Å²) in [6.45, 7) is -0.0660. The van der Waals surface area contributed by atoms with Crippen molar-refractivity contribution in [1.82, 2.24) is 15.0 Å². The molecule has 5 rings (SSSR count). The minimum Gasteiger partial charge on any atom is -0.744 e. The van der Waals surface area contributed by atoms with Gasteiger partial charge in [0.25, 0.3) is 0 Å². The van der Waals surface area contributed by atoms with E-state index in [1.807, 2.05) is 0 Å². The van der Waals surface area contributed by atoms with Gasteiger partial charge in [0.1, 0.15) is 37.4 Å². The minimum atomic E-state index is -5.08.